The van der Waals surface area contributed by atoms with E-state index in [2.05, 4.69) is 282 Å². The molecule has 1 unspecified atom stereocenters. The van der Waals surface area contributed by atoms with Crippen molar-refractivity contribution in [2.75, 3.05) is 9.80 Å². The number of hydrogen-bond acceptors (Lipinski definition) is 3. The fourth-order valence-electron chi connectivity index (χ4n) is 16.9. The Hall–Kier alpha value is -11.9. The van der Waals surface area contributed by atoms with Crippen molar-refractivity contribution in [2.24, 2.45) is 0 Å². The molecule has 19 rings (SSSR count). The van der Waals surface area contributed by atoms with Crippen molar-refractivity contribution in [3.05, 3.63) is 335 Å². The smallest absolute Gasteiger partial charge is 0.159 e. The second-order valence-corrected chi connectivity index (χ2v) is 35.3. The van der Waals surface area contributed by atoms with Gasteiger partial charge in [0.15, 0.2) is 11.2 Å². The first-order valence-corrected chi connectivity index (χ1v) is 38.2. The average Bonchev–Trinajstić information content (AvgIpc) is 1.68. The first kappa shape index (κ1) is 55.5. The Morgan fingerprint density at radius 1 is 0.264 bits per heavy atom. The SMILES string of the molecule is [2H]c1c([2H])c([2H])c(-c2ccc3c(c2)N(c2cc(-c4ccccc4)cc(-c4cccc(C(C)(C)C)c4)c2)c2cc(-n4c5c([2H])c([2H])c([2H])c([2H])c5c5c([2H])c([2H])c([2H])c([2H])c54)cc4c2C3c2ccc(-c3cc(C(C)(C)C)cc(C(C)(C)C)c3)cc2N4c2cccc3c2oc2c(-n4c5ccc(C(C)(C)C)cc5c5cc(C(C)(C)C)ccc54)cccc23)c([2H])c1[2H]. The third kappa shape index (κ3) is 11.2. The van der Waals surface area contributed by atoms with Crippen molar-refractivity contribution in [3.63, 3.8) is 0 Å². The molecule has 1 atom stereocenters. The van der Waals surface area contributed by atoms with Gasteiger partial charge in [0.25, 0.3) is 0 Å². The van der Waals surface area contributed by atoms with Gasteiger partial charge in [-0.2, -0.15) is 0 Å². The molecule has 5 nitrogen and oxygen atoms in total. The zero-order valence-electron chi connectivity index (χ0n) is 78.0. The van der Waals surface area contributed by atoms with Gasteiger partial charge in [0.1, 0.15) is 0 Å². The van der Waals surface area contributed by atoms with Crippen LogP contribution >= 0.6 is 0 Å². The highest BCUT2D eigenvalue weighted by molar-refractivity contribution is 6.16. The molecule has 0 fully saturated rings. The van der Waals surface area contributed by atoms with Crippen LogP contribution in [0.15, 0.2) is 295 Å². The van der Waals surface area contributed by atoms with Gasteiger partial charge < -0.3 is 23.4 Å². The van der Waals surface area contributed by atoms with Gasteiger partial charge in [-0.15, -0.1) is 0 Å². The number of hydrogen-bond donors (Lipinski definition) is 0. The fourth-order valence-corrected chi connectivity index (χ4v) is 16.9. The van der Waals surface area contributed by atoms with Crippen molar-refractivity contribution in [1.29, 1.82) is 0 Å². The average molecular weight is 1440 g/mol. The van der Waals surface area contributed by atoms with Gasteiger partial charge in [-0.05, 0) is 201 Å². The standard InChI is InChI=1S/C105H94N4O/c1-101(2,3)72-34-26-33-66(52-72)70-51-69(65-31-20-17-21-32-65)55-77(56-70)107-93-57-67(64-29-18-16-19-30-64)43-47-83(93)97-84-48-44-68(71-53-75(104(10,11)12)59-76(54-71)105(13,14)15)58-94(84)109(96-63-78(62-95(107)98(96)97)106-87-39-24-22-35-79(87)80-36-23-25-40-88(80)106)92-42-28-38-82-81-37-27-41-91(99(81)110-100(82)92)108-89-49-45-73(102(4,5)6)60-85(89)86-61-74(103(7,8)9)46-50-90(86)108/h16-63,97H,1-15H3/i16D,18D,19D,22D,23D,24D,25D,29D,30D,35D,36D,39D,40D. The molecule has 0 N–H and O–H groups in total. The van der Waals surface area contributed by atoms with Gasteiger partial charge in [0, 0.05) is 49.5 Å². The minimum atomic E-state index is -0.710. The van der Waals surface area contributed by atoms with E-state index in [-0.39, 0.29) is 72.2 Å². The van der Waals surface area contributed by atoms with E-state index in [1.807, 2.05) is 48.5 Å². The molecule has 0 saturated heterocycles. The lowest BCUT2D eigenvalue weighted by Gasteiger charge is -2.45. The number of furan rings is 1. The lowest BCUT2D eigenvalue weighted by molar-refractivity contribution is 0.569. The summed E-state index contributed by atoms with van der Waals surface area (Å²) < 4.78 is 136. The zero-order chi connectivity index (χ0) is 87.1. The van der Waals surface area contributed by atoms with Gasteiger partial charge in [-0.1, -0.05) is 304 Å². The summed E-state index contributed by atoms with van der Waals surface area (Å²) in [6.07, 6.45) is 0. The Kier molecular flexibility index (Phi) is 12.5. The molecular weight excluding hydrogens is 1330 g/mol. The molecule has 0 amide bonds. The second kappa shape index (κ2) is 24.8. The van der Waals surface area contributed by atoms with Crippen LogP contribution in [0.3, 0.4) is 0 Å². The Balaban J connectivity index is 1.00. The summed E-state index contributed by atoms with van der Waals surface area (Å²) in [5, 5.41) is 3.72. The Morgan fingerprint density at radius 3 is 1.29 bits per heavy atom. The van der Waals surface area contributed by atoms with Crippen molar-refractivity contribution < 1.29 is 22.2 Å². The largest absolute Gasteiger partial charge is 0.452 e. The van der Waals surface area contributed by atoms with Gasteiger partial charge in [-0.25, -0.2) is 0 Å². The molecule has 2 aliphatic heterocycles. The number of para-hydroxylation sites is 4. The third-order valence-electron chi connectivity index (χ3n) is 22.9. The van der Waals surface area contributed by atoms with E-state index in [0.717, 1.165) is 111 Å². The highest BCUT2D eigenvalue weighted by atomic mass is 16.3. The van der Waals surface area contributed by atoms with Crippen molar-refractivity contribution in [1.82, 2.24) is 9.13 Å². The summed E-state index contributed by atoms with van der Waals surface area (Å²) in [7, 11) is 0. The van der Waals surface area contributed by atoms with Crippen molar-refractivity contribution >= 4 is 99.7 Å². The molecule has 540 valence electrons. The van der Waals surface area contributed by atoms with Crippen LogP contribution in [0.1, 0.15) is 172 Å². The monoisotopic (exact) mass is 1440 g/mol. The van der Waals surface area contributed by atoms with E-state index in [9.17, 15) is 13.7 Å². The number of nitrogens with zero attached hydrogens (tertiary/aromatic N) is 4. The van der Waals surface area contributed by atoms with Crippen LogP contribution in [0.25, 0.3) is 121 Å². The molecule has 17 aromatic rings. The lowest BCUT2D eigenvalue weighted by atomic mass is 9.74. The van der Waals surface area contributed by atoms with Crippen LogP contribution < -0.4 is 9.80 Å². The first-order valence-electron chi connectivity index (χ1n) is 44.7. The summed E-state index contributed by atoms with van der Waals surface area (Å²) >= 11 is 0. The summed E-state index contributed by atoms with van der Waals surface area (Å²) in [6, 6.07) is 68.2. The Labute approximate surface area is 665 Å². The predicted octanol–water partition coefficient (Wildman–Crippen LogP) is 29.7. The van der Waals surface area contributed by atoms with E-state index < -0.39 is 72.4 Å². The summed E-state index contributed by atoms with van der Waals surface area (Å²) in [5.41, 5.74) is 20.7. The summed E-state index contributed by atoms with van der Waals surface area (Å²) in [5.74, 6) is -0.710. The predicted molar refractivity (Wildman–Crippen MR) is 468 cm³/mol. The highest BCUT2D eigenvalue weighted by Gasteiger charge is 2.43. The molecule has 14 aromatic carbocycles. The topological polar surface area (TPSA) is 29.5 Å². The maximum atomic E-state index is 10.2. The van der Waals surface area contributed by atoms with Crippen LogP contribution in [0, 0.1) is 0 Å². The highest BCUT2D eigenvalue weighted by Crippen LogP contribution is 2.63. The van der Waals surface area contributed by atoms with E-state index in [4.69, 9.17) is 8.53 Å². The van der Waals surface area contributed by atoms with E-state index in [1.54, 1.807) is 4.57 Å². The van der Waals surface area contributed by atoms with Crippen LogP contribution in [-0.4, -0.2) is 9.13 Å². The molecule has 2 aliphatic rings. The van der Waals surface area contributed by atoms with E-state index in [1.165, 1.54) is 11.1 Å². The van der Waals surface area contributed by atoms with Crippen molar-refractivity contribution in [3.8, 4) is 55.9 Å². The van der Waals surface area contributed by atoms with Crippen LogP contribution in [-0.2, 0) is 27.1 Å². The fraction of sp³-hybridized carbons (Fsp3) is 0.200. The Bertz CT molecular complexity index is 7250. The minimum absolute atomic E-state index is 0.00758. The summed E-state index contributed by atoms with van der Waals surface area (Å²) in [6.45, 7) is 33.4. The molecular formula is C105H94N4O. The molecule has 5 heteroatoms. The number of anilines is 6. The minimum Gasteiger partial charge on any atom is -0.452 e. The van der Waals surface area contributed by atoms with Gasteiger partial charge in [0.2, 0.25) is 0 Å². The summed E-state index contributed by atoms with van der Waals surface area (Å²) in [4.78, 5) is 4.42. The molecule has 0 aliphatic carbocycles. The van der Waals surface area contributed by atoms with E-state index >= 15 is 0 Å². The van der Waals surface area contributed by atoms with Crippen LogP contribution in [0.2, 0.25) is 0 Å². The zero-order valence-corrected chi connectivity index (χ0v) is 65.0. The molecule has 0 radical (unpaired) electrons. The normalized spacial score (nSPS) is 15.7. The van der Waals surface area contributed by atoms with Gasteiger partial charge in [-0.3, -0.25) is 0 Å². The molecule has 3 aromatic heterocycles. The van der Waals surface area contributed by atoms with Gasteiger partial charge in [0.05, 0.1) is 79.7 Å². The maximum absolute atomic E-state index is 10.2. The first-order chi connectivity index (χ1) is 58.1. The molecule has 0 bridgehead atoms. The maximum Gasteiger partial charge on any atom is 0.159 e. The molecule has 110 heavy (non-hydrogen) atoms. The van der Waals surface area contributed by atoms with Crippen LogP contribution in [0.4, 0.5) is 34.1 Å². The number of fused-ring (bicyclic) bond motifs is 13. The van der Waals surface area contributed by atoms with Crippen LogP contribution in [0.5, 0.6) is 0 Å². The van der Waals surface area contributed by atoms with Gasteiger partial charge >= 0.3 is 0 Å². The molecule has 5 heterocycles. The molecule has 0 spiro atoms. The third-order valence-corrected chi connectivity index (χ3v) is 22.9. The quantitative estimate of drug-likeness (QED) is 0.152. The second-order valence-electron chi connectivity index (χ2n) is 35.3. The number of benzene rings is 14. The molecule has 0 saturated carbocycles. The number of rotatable bonds is 8. The number of aromatic nitrogens is 2. The van der Waals surface area contributed by atoms with Crippen molar-refractivity contribution in [2.45, 2.75) is 137 Å². The lowest BCUT2D eigenvalue weighted by Crippen LogP contribution is -2.29. The van der Waals surface area contributed by atoms with E-state index in [0.29, 0.717) is 45.2 Å². The Morgan fingerprint density at radius 2 is 0.718 bits per heavy atom.